The van der Waals surface area contributed by atoms with E-state index < -0.39 is 17.9 Å². The minimum atomic E-state index is -2.70. The van der Waals surface area contributed by atoms with Gasteiger partial charge in [-0.3, -0.25) is 9.08 Å². The molecule has 0 aromatic carbocycles. The first-order valence-corrected chi connectivity index (χ1v) is 7.09. The molecule has 1 saturated carbocycles. The van der Waals surface area contributed by atoms with Crippen LogP contribution in [0.2, 0.25) is 0 Å². The molecule has 8 nitrogen and oxygen atoms in total. The van der Waals surface area contributed by atoms with E-state index in [0.717, 1.165) is 0 Å². The number of hydrogen-bond donors (Lipinski definition) is 1. The molecule has 3 aromatic rings. The van der Waals surface area contributed by atoms with Gasteiger partial charge in [0.15, 0.2) is 5.69 Å². The number of hydrogen-bond acceptors (Lipinski definition) is 6. The predicted octanol–water partition coefficient (Wildman–Crippen LogP) is 2.04. The molecular formula is C14H12F2N6O2. The fraction of sp³-hybridized carbons (Fsp3) is 0.286. The monoisotopic (exact) mass is 334 g/mol. The molecule has 0 amide bonds. The normalized spacial score (nSPS) is 18.5. The number of carbonyl (C=O) groups excluding carboxylic acids is 1. The standard InChI is InChI=1S/C14H12F2N6O2/c1-24-12(23)9-4-11-17-2-3-21(11)13(20-9)19-8-6-18-22(7-8)10-5-14(10,15)16/h2-4,6-7,10H,5H2,1H3,(H,19,20). The number of nitrogens with one attached hydrogen (secondary N) is 1. The van der Waals surface area contributed by atoms with Crippen LogP contribution >= 0.6 is 0 Å². The number of methoxy groups -OCH3 is 1. The molecule has 0 bridgehead atoms. The fourth-order valence-electron chi connectivity index (χ4n) is 2.41. The second-order valence-corrected chi connectivity index (χ2v) is 5.43. The summed E-state index contributed by atoms with van der Waals surface area (Å²) in [5.74, 6) is -3.01. The van der Waals surface area contributed by atoms with Crippen molar-refractivity contribution in [3.05, 3.63) is 36.5 Å². The Morgan fingerprint density at radius 2 is 2.29 bits per heavy atom. The summed E-state index contributed by atoms with van der Waals surface area (Å²) < 4.78 is 33.7. The van der Waals surface area contributed by atoms with Crippen LogP contribution in [0.1, 0.15) is 23.0 Å². The SMILES string of the molecule is COC(=O)c1cc2nccn2c(Nc2cnn(C3CC3(F)F)c2)n1. The molecule has 3 aromatic heterocycles. The number of ether oxygens (including phenoxy) is 1. The average molecular weight is 334 g/mol. The Labute approximate surface area is 134 Å². The lowest BCUT2D eigenvalue weighted by atomic mass is 10.4. The van der Waals surface area contributed by atoms with E-state index >= 15 is 0 Å². The zero-order valence-corrected chi connectivity index (χ0v) is 12.5. The van der Waals surface area contributed by atoms with Gasteiger partial charge in [-0.25, -0.2) is 23.5 Å². The van der Waals surface area contributed by atoms with Gasteiger partial charge >= 0.3 is 5.97 Å². The second kappa shape index (κ2) is 4.98. The van der Waals surface area contributed by atoms with Gasteiger partial charge in [-0.05, 0) is 0 Å². The maximum Gasteiger partial charge on any atom is 0.356 e. The van der Waals surface area contributed by atoms with Crippen LogP contribution in [0.15, 0.2) is 30.9 Å². The van der Waals surface area contributed by atoms with E-state index in [1.165, 1.54) is 30.3 Å². The lowest BCUT2D eigenvalue weighted by Crippen LogP contribution is -2.09. The van der Waals surface area contributed by atoms with E-state index in [9.17, 15) is 13.6 Å². The maximum absolute atomic E-state index is 13.1. The molecule has 0 saturated heterocycles. The zero-order valence-electron chi connectivity index (χ0n) is 12.5. The summed E-state index contributed by atoms with van der Waals surface area (Å²) in [5.41, 5.74) is 1.05. The smallest absolute Gasteiger partial charge is 0.356 e. The Bertz CT molecular complexity index is 934. The molecule has 1 atom stereocenters. The highest BCUT2D eigenvalue weighted by molar-refractivity contribution is 5.88. The van der Waals surface area contributed by atoms with E-state index in [0.29, 0.717) is 17.3 Å². The third-order valence-electron chi connectivity index (χ3n) is 3.75. The van der Waals surface area contributed by atoms with Crippen LogP contribution in [-0.4, -0.2) is 43.2 Å². The number of nitrogens with zero attached hydrogens (tertiary/aromatic N) is 5. The van der Waals surface area contributed by atoms with E-state index in [4.69, 9.17) is 0 Å². The first-order chi connectivity index (χ1) is 11.5. The van der Waals surface area contributed by atoms with Crippen LogP contribution in [0.25, 0.3) is 5.65 Å². The molecule has 0 spiro atoms. The van der Waals surface area contributed by atoms with Crippen molar-refractivity contribution in [1.82, 2.24) is 24.1 Å². The highest BCUT2D eigenvalue weighted by Gasteiger charge is 2.59. The Hall–Kier alpha value is -3.04. The van der Waals surface area contributed by atoms with Crippen LogP contribution in [0.5, 0.6) is 0 Å². The number of rotatable bonds is 4. The van der Waals surface area contributed by atoms with Crippen LogP contribution in [0.4, 0.5) is 20.4 Å². The predicted molar refractivity (Wildman–Crippen MR) is 78.4 cm³/mol. The van der Waals surface area contributed by atoms with Gasteiger partial charge in [-0.2, -0.15) is 5.10 Å². The summed E-state index contributed by atoms with van der Waals surface area (Å²) in [6.45, 7) is 0. The van der Waals surface area contributed by atoms with Crippen LogP contribution < -0.4 is 5.32 Å². The first-order valence-electron chi connectivity index (χ1n) is 7.09. The molecule has 0 aliphatic heterocycles. The second-order valence-electron chi connectivity index (χ2n) is 5.43. The molecule has 1 aliphatic rings. The number of fused-ring (bicyclic) bond motifs is 1. The minimum absolute atomic E-state index is 0.0832. The third-order valence-corrected chi connectivity index (χ3v) is 3.75. The number of carbonyl (C=O) groups is 1. The summed E-state index contributed by atoms with van der Waals surface area (Å²) in [7, 11) is 1.26. The van der Waals surface area contributed by atoms with E-state index in [2.05, 4.69) is 25.1 Å². The number of anilines is 2. The summed E-state index contributed by atoms with van der Waals surface area (Å²) >= 11 is 0. The van der Waals surface area contributed by atoms with Gasteiger partial charge in [-0.15, -0.1) is 0 Å². The van der Waals surface area contributed by atoms with Gasteiger partial charge in [0.2, 0.25) is 5.95 Å². The summed E-state index contributed by atoms with van der Waals surface area (Å²) in [6.07, 6.45) is 5.89. The summed E-state index contributed by atoms with van der Waals surface area (Å²) in [4.78, 5) is 20.0. The van der Waals surface area contributed by atoms with Gasteiger partial charge in [-0.1, -0.05) is 0 Å². The van der Waals surface area contributed by atoms with Crippen molar-refractivity contribution in [1.29, 1.82) is 0 Å². The number of halogens is 2. The Morgan fingerprint density at radius 1 is 1.50 bits per heavy atom. The number of aromatic nitrogens is 5. The number of esters is 1. The summed E-state index contributed by atoms with van der Waals surface area (Å²) in [5, 5.41) is 6.90. The van der Waals surface area contributed by atoms with Crippen molar-refractivity contribution in [2.75, 3.05) is 12.4 Å². The highest BCUT2D eigenvalue weighted by atomic mass is 19.3. The van der Waals surface area contributed by atoms with Crippen molar-refractivity contribution >= 4 is 23.3 Å². The fourth-order valence-corrected chi connectivity index (χ4v) is 2.41. The zero-order chi connectivity index (χ0) is 16.9. The molecule has 3 heterocycles. The Morgan fingerprint density at radius 3 is 3.00 bits per heavy atom. The van der Waals surface area contributed by atoms with Crippen LogP contribution in [0, 0.1) is 0 Å². The summed E-state index contributed by atoms with van der Waals surface area (Å²) in [6, 6.07) is 0.584. The maximum atomic E-state index is 13.1. The molecule has 1 unspecified atom stereocenters. The van der Waals surface area contributed by atoms with E-state index in [-0.39, 0.29) is 12.1 Å². The first kappa shape index (κ1) is 14.5. The largest absolute Gasteiger partial charge is 0.464 e. The van der Waals surface area contributed by atoms with Gasteiger partial charge in [0.25, 0.3) is 5.92 Å². The lowest BCUT2D eigenvalue weighted by Gasteiger charge is -2.08. The number of imidazole rings is 1. The Kier molecular flexibility index (Phi) is 3.02. The van der Waals surface area contributed by atoms with Crippen molar-refractivity contribution < 1.29 is 18.3 Å². The van der Waals surface area contributed by atoms with E-state index in [1.807, 2.05) is 0 Å². The topological polar surface area (TPSA) is 86.3 Å². The van der Waals surface area contributed by atoms with Crippen molar-refractivity contribution in [2.24, 2.45) is 0 Å². The molecule has 10 heteroatoms. The average Bonchev–Trinajstić information content (AvgIpc) is 2.97. The van der Waals surface area contributed by atoms with Gasteiger partial charge in [0.05, 0.1) is 19.0 Å². The number of alkyl halides is 2. The lowest BCUT2D eigenvalue weighted by molar-refractivity contribution is 0.0594. The molecule has 1 fully saturated rings. The highest BCUT2D eigenvalue weighted by Crippen LogP contribution is 2.52. The molecule has 1 aliphatic carbocycles. The molecule has 24 heavy (non-hydrogen) atoms. The van der Waals surface area contributed by atoms with Crippen LogP contribution in [-0.2, 0) is 4.74 Å². The van der Waals surface area contributed by atoms with Gasteiger partial charge < -0.3 is 10.1 Å². The third kappa shape index (κ3) is 2.36. The minimum Gasteiger partial charge on any atom is -0.464 e. The van der Waals surface area contributed by atoms with Crippen molar-refractivity contribution in [2.45, 2.75) is 18.4 Å². The Balaban J connectivity index is 1.66. The van der Waals surface area contributed by atoms with Crippen molar-refractivity contribution in [3.63, 3.8) is 0 Å². The van der Waals surface area contributed by atoms with E-state index in [1.54, 1.807) is 16.8 Å². The molecule has 4 rings (SSSR count). The molecule has 1 N–H and O–H groups in total. The van der Waals surface area contributed by atoms with Crippen molar-refractivity contribution in [3.8, 4) is 0 Å². The van der Waals surface area contributed by atoms with Gasteiger partial charge in [0.1, 0.15) is 11.7 Å². The van der Waals surface area contributed by atoms with Crippen LogP contribution in [0.3, 0.4) is 0 Å². The molecule has 0 radical (unpaired) electrons. The van der Waals surface area contributed by atoms with Gasteiger partial charge in [0, 0.05) is 31.1 Å². The quantitative estimate of drug-likeness (QED) is 0.735. The molecular weight excluding hydrogens is 322 g/mol. The molecule has 124 valence electrons.